The van der Waals surface area contributed by atoms with Gasteiger partial charge >= 0.3 is 0 Å². The van der Waals surface area contributed by atoms with Gasteiger partial charge < -0.3 is 9.80 Å². The summed E-state index contributed by atoms with van der Waals surface area (Å²) in [6.07, 6.45) is 1.04. The van der Waals surface area contributed by atoms with Gasteiger partial charge in [-0.2, -0.15) is 5.26 Å². The van der Waals surface area contributed by atoms with Gasteiger partial charge in [0.2, 0.25) is 0 Å². The van der Waals surface area contributed by atoms with Gasteiger partial charge in [0.05, 0.1) is 6.07 Å². The Morgan fingerprint density at radius 3 is 2.26 bits per heavy atom. The zero-order chi connectivity index (χ0) is 14.3. The van der Waals surface area contributed by atoms with Crippen molar-refractivity contribution in [1.82, 2.24) is 10.2 Å². The Balaban J connectivity index is 2.53. The van der Waals surface area contributed by atoms with Crippen molar-refractivity contribution in [3.63, 3.8) is 0 Å². The number of hydrogen-bond acceptors (Lipinski definition) is 4. The molecule has 0 radical (unpaired) electrons. The van der Waals surface area contributed by atoms with Gasteiger partial charge in [-0.15, -0.1) is 0 Å². The summed E-state index contributed by atoms with van der Waals surface area (Å²) in [6.45, 7) is 1.89. The average Bonchev–Trinajstić information content (AvgIpc) is 2.39. The molecule has 0 bridgehead atoms. The molecule has 4 heteroatoms. The highest BCUT2D eigenvalue weighted by Crippen LogP contribution is 2.17. The smallest absolute Gasteiger partial charge is 0.121 e. The Labute approximate surface area is 116 Å². The maximum Gasteiger partial charge on any atom is 0.121 e. The fraction of sp³-hybridized carbons (Fsp3) is 0.533. The largest absolute Gasteiger partial charge is 0.378 e. The number of nitrogens with one attached hydrogen (secondary N) is 1. The van der Waals surface area contributed by atoms with E-state index in [9.17, 15) is 5.26 Å². The van der Waals surface area contributed by atoms with Crippen molar-refractivity contribution >= 4 is 5.69 Å². The van der Waals surface area contributed by atoms with Gasteiger partial charge in [-0.25, -0.2) is 0 Å². The molecule has 1 unspecified atom stereocenters. The van der Waals surface area contributed by atoms with Crippen LogP contribution in [0.4, 0.5) is 5.69 Å². The van der Waals surface area contributed by atoms with Crippen LogP contribution in [-0.4, -0.2) is 46.2 Å². The first kappa shape index (κ1) is 15.5. The summed E-state index contributed by atoms with van der Waals surface area (Å²) in [5.74, 6) is 0. The third-order valence-electron chi connectivity index (χ3n) is 3.00. The second kappa shape index (κ2) is 7.78. The quantitative estimate of drug-likeness (QED) is 0.760. The fourth-order valence-electron chi connectivity index (χ4n) is 1.84. The van der Waals surface area contributed by atoms with Gasteiger partial charge in [-0.05, 0) is 51.3 Å². The van der Waals surface area contributed by atoms with E-state index in [1.165, 1.54) is 0 Å². The molecule has 0 saturated heterocycles. The highest BCUT2D eigenvalue weighted by Gasteiger charge is 2.09. The number of nitrogens with zero attached hydrogens (tertiary/aromatic N) is 3. The monoisotopic (exact) mass is 260 g/mol. The van der Waals surface area contributed by atoms with E-state index in [2.05, 4.69) is 35.3 Å². The van der Waals surface area contributed by atoms with E-state index in [0.29, 0.717) is 0 Å². The molecule has 1 N–H and O–H groups in total. The van der Waals surface area contributed by atoms with Crippen molar-refractivity contribution in [2.45, 2.75) is 12.5 Å². The van der Waals surface area contributed by atoms with E-state index >= 15 is 0 Å². The van der Waals surface area contributed by atoms with Crippen LogP contribution in [0.1, 0.15) is 18.0 Å². The molecule has 1 rings (SSSR count). The van der Waals surface area contributed by atoms with Gasteiger partial charge in [0.1, 0.15) is 6.04 Å². The molecule has 1 aromatic rings. The topological polar surface area (TPSA) is 42.3 Å². The molecule has 1 atom stereocenters. The molecule has 0 aliphatic heterocycles. The molecule has 104 valence electrons. The standard InChI is InChI=1S/C15H24N4/c1-18(2)11-5-10-17-15(12-16)13-6-8-14(9-7-13)19(3)4/h6-9,15,17H,5,10-11H2,1-4H3. The lowest BCUT2D eigenvalue weighted by Gasteiger charge is -2.16. The van der Waals surface area contributed by atoms with Gasteiger partial charge in [0.25, 0.3) is 0 Å². The molecule has 0 amide bonds. The van der Waals surface area contributed by atoms with Crippen LogP contribution in [0.2, 0.25) is 0 Å². The Morgan fingerprint density at radius 2 is 1.79 bits per heavy atom. The number of nitriles is 1. The van der Waals surface area contributed by atoms with Crippen LogP contribution in [0, 0.1) is 11.3 Å². The first-order valence-corrected chi connectivity index (χ1v) is 6.59. The van der Waals surface area contributed by atoms with E-state index < -0.39 is 0 Å². The zero-order valence-corrected chi connectivity index (χ0v) is 12.3. The summed E-state index contributed by atoms with van der Waals surface area (Å²) in [5.41, 5.74) is 2.17. The molecule has 0 fully saturated rings. The van der Waals surface area contributed by atoms with Crippen LogP contribution in [0.5, 0.6) is 0 Å². The molecule has 0 aliphatic carbocycles. The van der Waals surface area contributed by atoms with Crippen molar-refractivity contribution in [2.75, 3.05) is 46.2 Å². The predicted octanol–water partition coefficient (Wildman–Crippen LogP) is 1.86. The Kier molecular flexibility index (Phi) is 6.34. The second-order valence-corrected chi connectivity index (χ2v) is 5.16. The molecule has 0 aliphatic rings. The summed E-state index contributed by atoms with van der Waals surface area (Å²) in [7, 11) is 8.13. The van der Waals surface area contributed by atoms with E-state index in [1.54, 1.807) is 0 Å². The van der Waals surface area contributed by atoms with Crippen molar-refractivity contribution in [3.05, 3.63) is 29.8 Å². The van der Waals surface area contributed by atoms with Crippen LogP contribution in [0.3, 0.4) is 0 Å². The van der Waals surface area contributed by atoms with E-state index in [1.807, 2.05) is 38.4 Å². The summed E-state index contributed by atoms with van der Waals surface area (Å²) in [6, 6.07) is 10.2. The highest BCUT2D eigenvalue weighted by molar-refractivity contribution is 5.47. The van der Waals surface area contributed by atoms with Crippen LogP contribution in [0.25, 0.3) is 0 Å². The molecule has 0 heterocycles. The SMILES string of the molecule is CN(C)CCCNC(C#N)c1ccc(N(C)C)cc1. The van der Waals surface area contributed by atoms with E-state index in [-0.39, 0.29) is 6.04 Å². The minimum atomic E-state index is -0.224. The minimum absolute atomic E-state index is 0.224. The summed E-state index contributed by atoms with van der Waals surface area (Å²) in [4.78, 5) is 4.20. The molecule has 0 saturated carbocycles. The molecular formula is C15H24N4. The molecular weight excluding hydrogens is 236 g/mol. The zero-order valence-electron chi connectivity index (χ0n) is 12.3. The predicted molar refractivity (Wildman–Crippen MR) is 80.3 cm³/mol. The third kappa shape index (κ3) is 5.29. The summed E-state index contributed by atoms with van der Waals surface area (Å²) < 4.78 is 0. The van der Waals surface area contributed by atoms with Gasteiger partial charge in [-0.1, -0.05) is 12.1 Å². The van der Waals surface area contributed by atoms with Crippen LogP contribution in [0.15, 0.2) is 24.3 Å². The van der Waals surface area contributed by atoms with Crippen molar-refractivity contribution in [1.29, 1.82) is 5.26 Å². The Bertz CT molecular complexity index is 403. The molecule has 4 nitrogen and oxygen atoms in total. The minimum Gasteiger partial charge on any atom is -0.378 e. The highest BCUT2D eigenvalue weighted by atomic mass is 15.1. The number of benzene rings is 1. The van der Waals surface area contributed by atoms with Crippen LogP contribution >= 0.6 is 0 Å². The maximum absolute atomic E-state index is 9.23. The van der Waals surface area contributed by atoms with Gasteiger partial charge in [0, 0.05) is 19.8 Å². The summed E-state index contributed by atoms with van der Waals surface area (Å²) >= 11 is 0. The fourth-order valence-corrected chi connectivity index (χ4v) is 1.84. The maximum atomic E-state index is 9.23. The van der Waals surface area contributed by atoms with Crippen LogP contribution in [-0.2, 0) is 0 Å². The number of hydrogen-bond donors (Lipinski definition) is 1. The van der Waals surface area contributed by atoms with E-state index in [0.717, 1.165) is 30.8 Å². The first-order valence-electron chi connectivity index (χ1n) is 6.59. The lowest BCUT2D eigenvalue weighted by Crippen LogP contribution is -2.24. The third-order valence-corrected chi connectivity index (χ3v) is 3.00. The normalized spacial score (nSPS) is 12.2. The lowest BCUT2D eigenvalue weighted by molar-refractivity contribution is 0.392. The van der Waals surface area contributed by atoms with Crippen molar-refractivity contribution < 1.29 is 0 Å². The first-order chi connectivity index (χ1) is 9.04. The van der Waals surface area contributed by atoms with Crippen molar-refractivity contribution in [2.24, 2.45) is 0 Å². The van der Waals surface area contributed by atoms with Gasteiger partial charge in [0.15, 0.2) is 0 Å². The summed E-state index contributed by atoms with van der Waals surface area (Å²) in [5, 5.41) is 12.5. The lowest BCUT2D eigenvalue weighted by atomic mass is 10.1. The van der Waals surface area contributed by atoms with Gasteiger partial charge in [-0.3, -0.25) is 5.32 Å². The molecule has 0 aromatic heterocycles. The Hall–Kier alpha value is -1.57. The second-order valence-electron chi connectivity index (χ2n) is 5.16. The number of anilines is 1. The van der Waals surface area contributed by atoms with Crippen LogP contribution < -0.4 is 10.2 Å². The van der Waals surface area contributed by atoms with Crippen molar-refractivity contribution in [3.8, 4) is 6.07 Å². The number of rotatable bonds is 7. The molecule has 19 heavy (non-hydrogen) atoms. The van der Waals surface area contributed by atoms with E-state index in [4.69, 9.17) is 0 Å². The Morgan fingerprint density at radius 1 is 1.16 bits per heavy atom. The molecule has 0 spiro atoms. The average molecular weight is 260 g/mol. The molecule has 1 aromatic carbocycles.